The fraction of sp³-hybridized carbons (Fsp3) is 1.00. The lowest BCUT2D eigenvalue weighted by molar-refractivity contribution is 0.394. The van der Waals surface area contributed by atoms with Crippen LogP contribution >= 0.6 is 0 Å². The van der Waals surface area contributed by atoms with E-state index in [1.807, 2.05) is 0 Å². The molecule has 1 aliphatic carbocycles. The van der Waals surface area contributed by atoms with Crippen molar-refractivity contribution in [1.82, 2.24) is 14.9 Å². The third kappa shape index (κ3) is 4.19. The minimum atomic E-state index is -3.16. The van der Waals surface area contributed by atoms with Gasteiger partial charge in [-0.1, -0.05) is 0 Å². The maximum atomic E-state index is 12.0. The molecule has 1 saturated heterocycles. The zero-order chi connectivity index (χ0) is 13.2. The van der Waals surface area contributed by atoms with E-state index >= 15 is 0 Å². The maximum absolute atomic E-state index is 12.0. The highest BCUT2D eigenvalue weighted by Gasteiger charge is 2.27. The molecular formula is C12H25N3O2S. The van der Waals surface area contributed by atoms with Gasteiger partial charge in [-0.05, 0) is 45.7 Å². The lowest BCUT2D eigenvalue weighted by atomic mass is 10.1. The second-order valence-corrected chi connectivity index (χ2v) is 7.99. The Morgan fingerprint density at radius 1 is 1.33 bits per heavy atom. The van der Waals surface area contributed by atoms with E-state index in [0.29, 0.717) is 25.0 Å². The van der Waals surface area contributed by atoms with E-state index in [9.17, 15) is 8.42 Å². The van der Waals surface area contributed by atoms with Gasteiger partial charge >= 0.3 is 0 Å². The van der Waals surface area contributed by atoms with Crippen LogP contribution in [-0.2, 0) is 10.0 Å². The molecule has 0 amide bonds. The van der Waals surface area contributed by atoms with Gasteiger partial charge < -0.3 is 10.2 Å². The SMILES string of the molecule is CC(CNC1CC1)S(=O)(=O)NCC1CCN(C)C1. The normalized spacial score (nSPS) is 27.6. The summed E-state index contributed by atoms with van der Waals surface area (Å²) in [6, 6.07) is 0.561. The monoisotopic (exact) mass is 275 g/mol. The van der Waals surface area contributed by atoms with Crippen molar-refractivity contribution in [1.29, 1.82) is 0 Å². The van der Waals surface area contributed by atoms with Crippen LogP contribution in [0, 0.1) is 5.92 Å². The number of rotatable bonds is 7. The molecule has 0 radical (unpaired) electrons. The van der Waals surface area contributed by atoms with E-state index in [4.69, 9.17) is 0 Å². The summed E-state index contributed by atoms with van der Waals surface area (Å²) >= 11 is 0. The highest BCUT2D eigenvalue weighted by Crippen LogP contribution is 2.19. The van der Waals surface area contributed by atoms with Gasteiger partial charge in [0.1, 0.15) is 0 Å². The Labute approximate surface area is 110 Å². The molecule has 2 unspecified atom stereocenters. The molecule has 2 fully saturated rings. The molecule has 106 valence electrons. The minimum Gasteiger partial charge on any atom is -0.313 e. The van der Waals surface area contributed by atoms with Crippen LogP contribution in [0.4, 0.5) is 0 Å². The first-order valence-corrected chi connectivity index (χ1v) is 8.42. The van der Waals surface area contributed by atoms with Crippen LogP contribution in [0.3, 0.4) is 0 Å². The molecule has 18 heavy (non-hydrogen) atoms. The number of nitrogens with zero attached hydrogens (tertiary/aromatic N) is 1. The summed E-state index contributed by atoms with van der Waals surface area (Å²) in [7, 11) is -1.08. The molecule has 2 atom stereocenters. The Morgan fingerprint density at radius 3 is 2.61 bits per heavy atom. The Morgan fingerprint density at radius 2 is 2.06 bits per heavy atom. The van der Waals surface area contributed by atoms with Gasteiger partial charge in [0.15, 0.2) is 0 Å². The molecule has 2 aliphatic rings. The summed E-state index contributed by atoms with van der Waals surface area (Å²) in [5.74, 6) is 0.466. The van der Waals surface area contributed by atoms with E-state index < -0.39 is 10.0 Å². The number of likely N-dealkylation sites (tertiary alicyclic amines) is 1. The molecule has 2 rings (SSSR count). The zero-order valence-corrected chi connectivity index (χ0v) is 12.2. The molecule has 0 aromatic heterocycles. The largest absolute Gasteiger partial charge is 0.313 e. The average Bonchev–Trinajstić information content (AvgIpc) is 3.06. The molecule has 6 heteroatoms. The smallest absolute Gasteiger partial charge is 0.215 e. The number of hydrogen-bond acceptors (Lipinski definition) is 4. The topological polar surface area (TPSA) is 61.4 Å². The van der Waals surface area contributed by atoms with Crippen LogP contribution in [0.2, 0.25) is 0 Å². The van der Waals surface area contributed by atoms with E-state index in [1.54, 1.807) is 6.92 Å². The van der Waals surface area contributed by atoms with Crippen LogP contribution in [-0.4, -0.2) is 57.8 Å². The molecule has 0 bridgehead atoms. The van der Waals surface area contributed by atoms with Crippen molar-refractivity contribution in [2.45, 2.75) is 37.5 Å². The number of sulfonamides is 1. The van der Waals surface area contributed by atoms with Crippen molar-refractivity contribution >= 4 is 10.0 Å². The van der Waals surface area contributed by atoms with Crippen molar-refractivity contribution in [3.05, 3.63) is 0 Å². The standard InChI is InChI=1S/C12H25N3O2S/c1-10(7-13-12-3-4-12)18(16,17)14-8-11-5-6-15(2)9-11/h10-14H,3-9H2,1-2H3. The Bertz CT molecular complexity index is 368. The van der Waals surface area contributed by atoms with Gasteiger partial charge in [-0.25, -0.2) is 13.1 Å². The lowest BCUT2D eigenvalue weighted by Gasteiger charge is -2.17. The van der Waals surface area contributed by atoms with Crippen molar-refractivity contribution in [2.75, 3.05) is 33.2 Å². The van der Waals surface area contributed by atoms with Crippen molar-refractivity contribution in [3.63, 3.8) is 0 Å². The number of nitrogens with one attached hydrogen (secondary N) is 2. The van der Waals surface area contributed by atoms with E-state index in [2.05, 4.69) is 22.0 Å². The second-order valence-electron chi connectivity index (χ2n) is 5.80. The molecule has 1 heterocycles. The minimum absolute atomic E-state index is 0.350. The Kier molecular flexibility index (Phi) is 4.64. The van der Waals surface area contributed by atoms with Crippen LogP contribution in [0.1, 0.15) is 26.2 Å². The van der Waals surface area contributed by atoms with Crippen LogP contribution < -0.4 is 10.0 Å². The Hall–Kier alpha value is -0.170. The first kappa shape index (κ1) is 14.2. The fourth-order valence-electron chi connectivity index (χ4n) is 2.30. The molecule has 1 aliphatic heterocycles. The summed E-state index contributed by atoms with van der Waals surface area (Å²) in [4.78, 5) is 2.25. The van der Waals surface area contributed by atoms with Gasteiger partial charge in [0.25, 0.3) is 0 Å². The van der Waals surface area contributed by atoms with Gasteiger partial charge in [0.2, 0.25) is 10.0 Å². The van der Waals surface area contributed by atoms with Gasteiger partial charge in [0.05, 0.1) is 5.25 Å². The van der Waals surface area contributed by atoms with Crippen LogP contribution in [0.25, 0.3) is 0 Å². The first-order valence-electron chi connectivity index (χ1n) is 6.88. The predicted octanol–water partition coefficient (Wildman–Crippen LogP) is -0.00200. The highest BCUT2D eigenvalue weighted by molar-refractivity contribution is 7.90. The lowest BCUT2D eigenvalue weighted by Crippen LogP contribution is -2.41. The maximum Gasteiger partial charge on any atom is 0.215 e. The first-order chi connectivity index (χ1) is 8.47. The molecule has 2 N–H and O–H groups in total. The van der Waals surface area contributed by atoms with Gasteiger partial charge in [-0.3, -0.25) is 0 Å². The third-order valence-electron chi connectivity index (χ3n) is 3.86. The molecule has 5 nitrogen and oxygen atoms in total. The molecular weight excluding hydrogens is 250 g/mol. The predicted molar refractivity (Wildman–Crippen MR) is 73.0 cm³/mol. The van der Waals surface area contributed by atoms with Crippen molar-refractivity contribution < 1.29 is 8.42 Å². The summed E-state index contributed by atoms with van der Waals surface area (Å²) in [5.41, 5.74) is 0. The van der Waals surface area contributed by atoms with E-state index in [-0.39, 0.29) is 5.25 Å². The number of hydrogen-bond donors (Lipinski definition) is 2. The molecule has 0 aromatic carbocycles. The van der Waals surface area contributed by atoms with Crippen LogP contribution in [0.5, 0.6) is 0 Å². The summed E-state index contributed by atoms with van der Waals surface area (Å²) in [6.45, 7) is 4.99. The van der Waals surface area contributed by atoms with Gasteiger partial charge in [-0.2, -0.15) is 0 Å². The summed E-state index contributed by atoms with van der Waals surface area (Å²) in [5, 5.41) is 2.92. The van der Waals surface area contributed by atoms with E-state index in [0.717, 1.165) is 19.5 Å². The molecule has 0 spiro atoms. The van der Waals surface area contributed by atoms with Crippen molar-refractivity contribution in [3.8, 4) is 0 Å². The van der Waals surface area contributed by atoms with E-state index in [1.165, 1.54) is 12.8 Å². The quantitative estimate of drug-likeness (QED) is 0.686. The molecule has 0 aromatic rings. The van der Waals surface area contributed by atoms with Crippen LogP contribution in [0.15, 0.2) is 0 Å². The van der Waals surface area contributed by atoms with Crippen molar-refractivity contribution in [2.24, 2.45) is 5.92 Å². The average molecular weight is 275 g/mol. The zero-order valence-electron chi connectivity index (χ0n) is 11.4. The highest BCUT2D eigenvalue weighted by atomic mass is 32.2. The summed E-state index contributed by atoms with van der Waals surface area (Å²) in [6.07, 6.45) is 3.47. The van der Waals surface area contributed by atoms with Gasteiger partial charge in [-0.15, -0.1) is 0 Å². The van der Waals surface area contributed by atoms with Gasteiger partial charge in [0, 0.05) is 25.7 Å². The molecule has 1 saturated carbocycles. The third-order valence-corrected chi connectivity index (χ3v) is 5.66. The Balaban J connectivity index is 1.71. The summed E-state index contributed by atoms with van der Waals surface area (Å²) < 4.78 is 26.8. The fourth-order valence-corrected chi connectivity index (χ4v) is 3.37. The second kappa shape index (κ2) is 5.86.